The predicted molar refractivity (Wildman–Crippen MR) is 98.0 cm³/mol. The van der Waals surface area contributed by atoms with Crippen LogP contribution in [0.5, 0.6) is 0 Å². The van der Waals surface area contributed by atoms with Gasteiger partial charge in [0.15, 0.2) is 0 Å². The maximum absolute atomic E-state index is 2.25. The zero-order valence-corrected chi connectivity index (χ0v) is 16.3. The van der Waals surface area contributed by atoms with Crippen LogP contribution in [-0.2, 0) is 0 Å². The minimum Gasteiger partial charge on any atom is -0.144 e. The first-order valence-corrected chi connectivity index (χ1v) is 11.1. The van der Waals surface area contributed by atoms with Crippen LogP contribution >= 0.6 is 69.7 Å². The van der Waals surface area contributed by atoms with Crippen molar-refractivity contribution in [3.63, 3.8) is 0 Å². The van der Waals surface area contributed by atoms with Crippen LogP contribution in [0.1, 0.15) is 19.5 Å². The lowest BCUT2D eigenvalue weighted by molar-refractivity contribution is 1.24. The van der Waals surface area contributed by atoms with E-state index in [1.54, 1.807) is 0 Å². The summed E-state index contributed by atoms with van der Waals surface area (Å²) in [5, 5.41) is 0. The Morgan fingerprint density at radius 3 is 0.950 bits per heavy atom. The van der Waals surface area contributed by atoms with Gasteiger partial charge in [-0.25, -0.2) is 0 Å². The summed E-state index contributed by atoms with van der Waals surface area (Å²) in [7, 11) is 0. The predicted octanol–water partition coefficient (Wildman–Crippen LogP) is 7.27. The maximum atomic E-state index is 2.25. The Bertz CT molecular complexity index is 640. The zero-order chi connectivity index (χ0) is 14.0. The Labute approximate surface area is 144 Å². The molecule has 20 heavy (non-hydrogen) atoms. The van der Waals surface area contributed by atoms with Crippen molar-refractivity contribution in [2.45, 2.75) is 47.3 Å². The molecule has 104 valence electrons. The van der Waals surface area contributed by atoms with E-state index in [1.165, 1.54) is 47.6 Å². The molecule has 0 saturated heterocycles. The molecule has 0 spiro atoms. The molecule has 0 aromatic carbocycles. The summed E-state index contributed by atoms with van der Waals surface area (Å²) in [4.78, 5) is 11.9. The molecule has 0 radical (unpaired) electrons. The molecule has 2 aromatic rings. The van der Waals surface area contributed by atoms with Crippen molar-refractivity contribution in [3.05, 3.63) is 28.0 Å². The molecule has 0 atom stereocenters. The Kier molecular flexibility index (Phi) is 3.56. The molecule has 2 aliphatic rings. The smallest absolute Gasteiger partial charge is 0.0707 e. The molecule has 0 amide bonds. The van der Waals surface area contributed by atoms with Crippen molar-refractivity contribution in [3.8, 4) is 0 Å². The van der Waals surface area contributed by atoms with Crippen LogP contribution in [0.4, 0.5) is 0 Å². The summed E-state index contributed by atoms with van der Waals surface area (Å²) < 4.78 is 2.98. The molecule has 0 aliphatic carbocycles. The minimum absolute atomic E-state index is 1.47. The van der Waals surface area contributed by atoms with Gasteiger partial charge in [0, 0.05) is 39.1 Å². The molecule has 2 aliphatic heterocycles. The van der Waals surface area contributed by atoms with E-state index in [0.29, 0.717) is 0 Å². The fourth-order valence-corrected chi connectivity index (χ4v) is 10.8. The second kappa shape index (κ2) is 5.03. The van der Waals surface area contributed by atoms with Gasteiger partial charge in [-0.2, -0.15) is 0 Å². The van der Waals surface area contributed by atoms with Gasteiger partial charge in [-0.15, -0.1) is 22.7 Å². The van der Waals surface area contributed by atoms with Crippen molar-refractivity contribution in [2.75, 3.05) is 0 Å². The third-order valence-corrected chi connectivity index (χ3v) is 12.0. The van der Waals surface area contributed by atoms with E-state index in [0.717, 1.165) is 0 Å². The van der Waals surface area contributed by atoms with E-state index in [4.69, 9.17) is 0 Å². The van der Waals surface area contributed by atoms with E-state index < -0.39 is 0 Å². The Morgan fingerprint density at radius 1 is 0.450 bits per heavy atom. The Morgan fingerprint density at radius 2 is 0.700 bits per heavy atom. The van der Waals surface area contributed by atoms with Gasteiger partial charge in [-0.3, -0.25) is 0 Å². The van der Waals surface area contributed by atoms with Gasteiger partial charge < -0.3 is 0 Å². The van der Waals surface area contributed by atoms with E-state index in [2.05, 4.69) is 27.7 Å². The first kappa shape index (κ1) is 14.2. The standard InChI is InChI=1S/C14H12S6/c1-5-9-10(6(2)15-5)18-13(17-9)14-19-11-7(3)16-8(4)12(11)20-14/h1-4H3. The van der Waals surface area contributed by atoms with Crippen LogP contribution in [-0.4, -0.2) is 0 Å². The van der Waals surface area contributed by atoms with Gasteiger partial charge in [0.2, 0.25) is 0 Å². The quantitative estimate of drug-likeness (QED) is 0.477. The van der Waals surface area contributed by atoms with Crippen molar-refractivity contribution in [1.82, 2.24) is 0 Å². The first-order valence-electron chi connectivity index (χ1n) is 6.20. The summed E-state index contributed by atoms with van der Waals surface area (Å²) in [6.07, 6.45) is 0. The largest absolute Gasteiger partial charge is 0.144 e. The van der Waals surface area contributed by atoms with Gasteiger partial charge in [0.25, 0.3) is 0 Å². The van der Waals surface area contributed by atoms with Crippen LogP contribution in [0.25, 0.3) is 0 Å². The molecular weight excluding hydrogens is 361 g/mol. The fourth-order valence-electron chi connectivity index (χ4n) is 2.34. The highest BCUT2D eigenvalue weighted by atomic mass is 32.2. The van der Waals surface area contributed by atoms with Crippen molar-refractivity contribution >= 4 is 69.7 Å². The number of thiophene rings is 2. The molecule has 0 nitrogen and oxygen atoms in total. The molecule has 0 bridgehead atoms. The number of hydrogen-bond acceptors (Lipinski definition) is 6. The Hall–Kier alpha value is 0.540. The second-order valence-electron chi connectivity index (χ2n) is 4.73. The molecule has 0 N–H and O–H groups in total. The normalized spacial score (nSPS) is 17.0. The SMILES string of the molecule is Cc1sc(C)c2c1SC(=C1Sc3c(C)sc(C)c3S1)S2. The summed E-state index contributed by atoms with van der Waals surface area (Å²) in [5.74, 6) is 0. The lowest BCUT2D eigenvalue weighted by Crippen LogP contribution is -1.69. The number of hydrogen-bond donors (Lipinski definition) is 0. The summed E-state index contributed by atoms with van der Waals surface area (Å²) >= 11 is 11.8. The number of thioether (sulfide) groups is 4. The third kappa shape index (κ3) is 2.07. The van der Waals surface area contributed by atoms with Crippen LogP contribution in [0.2, 0.25) is 0 Å². The number of aryl methyl sites for hydroxylation is 4. The molecular formula is C14H12S6. The van der Waals surface area contributed by atoms with E-state index in [-0.39, 0.29) is 0 Å². The molecule has 6 heteroatoms. The highest BCUT2D eigenvalue weighted by Crippen LogP contribution is 2.65. The summed E-state index contributed by atoms with van der Waals surface area (Å²) in [6.45, 7) is 8.99. The van der Waals surface area contributed by atoms with Crippen molar-refractivity contribution in [1.29, 1.82) is 0 Å². The van der Waals surface area contributed by atoms with Gasteiger partial charge in [-0.05, 0) is 27.7 Å². The second-order valence-corrected chi connectivity index (χ2v) is 12.2. The minimum atomic E-state index is 1.47. The van der Waals surface area contributed by atoms with Gasteiger partial charge in [0.1, 0.15) is 0 Å². The molecule has 0 saturated carbocycles. The fraction of sp³-hybridized carbons (Fsp3) is 0.286. The van der Waals surface area contributed by atoms with E-state index in [1.807, 2.05) is 69.7 Å². The average Bonchev–Trinajstić information content (AvgIpc) is 3.09. The highest BCUT2D eigenvalue weighted by Gasteiger charge is 2.32. The van der Waals surface area contributed by atoms with E-state index in [9.17, 15) is 0 Å². The van der Waals surface area contributed by atoms with Crippen LogP contribution < -0.4 is 0 Å². The highest BCUT2D eigenvalue weighted by molar-refractivity contribution is 8.30. The van der Waals surface area contributed by atoms with E-state index >= 15 is 0 Å². The molecule has 0 unspecified atom stereocenters. The van der Waals surface area contributed by atoms with Crippen LogP contribution in [0, 0.1) is 27.7 Å². The number of rotatable bonds is 0. The molecule has 4 rings (SSSR count). The third-order valence-electron chi connectivity index (χ3n) is 3.25. The summed E-state index contributed by atoms with van der Waals surface area (Å²) in [5.41, 5.74) is 0. The monoisotopic (exact) mass is 372 g/mol. The first-order chi connectivity index (χ1) is 9.54. The maximum Gasteiger partial charge on any atom is 0.0707 e. The van der Waals surface area contributed by atoms with Crippen molar-refractivity contribution in [2.24, 2.45) is 0 Å². The van der Waals surface area contributed by atoms with Crippen LogP contribution in [0.15, 0.2) is 28.1 Å². The lowest BCUT2D eigenvalue weighted by atomic mass is 10.4. The topological polar surface area (TPSA) is 0 Å². The van der Waals surface area contributed by atoms with Gasteiger partial charge >= 0.3 is 0 Å². The Balaban J connectivity index is 1.71. The average molecular weight is 373 g/mol. The number of fused-ring (bicyclic) bond motifs is 2. The zero-order valence-electron chi connectivity index (χ0n) is 11.4. The molecule has 2 aromatic heterocycles. The summed E-state index contributed by atoms with van der Waals surface area (Å²) in [6, 6.07) is 0. The van der Waals surface area contributed by atoms with Crippen LogP contribution in [0.3, 0.4) is 0 Å². The lowest BCUT2D eigenvalue weighted by Gasteiger charge is -2.01. The molecule has 0 fully saturated rings. The van der Waals surface area contributed by atoms with Gasteiger partial charge in [-0.1, -0.05) is 47.0 Å². The van der Waals surface area contributed by atoms with Gasteiger partial charge in [0.05, 0.1) is 8.47 Å². The molecule has 4 heterocycles. The van der Waals surface area contributed by atoms with Crippen molar-refractivity contribution < 1.29 is 0 Å².